The van der Waals surface area contributed by atoms with Gasteiger partial charge in [0.05, 0.1) is 0 Å². The van der Waals surface area contributed by atoms with E-state index in [0.29, 0.717) is 0 Å². The highest BCUT2D eigenvalue weighted by molar-refractivity contribution is 9.26. The van der Waals surface area contributed by atoms with Crippen LogP contribution in [0.4, 0.5) is 0 Å². The van der Waals surface area contributed by atoms with Crippen LogP contribution in [0.15, 0.2) is 47.3 Å². The molecular formula is C13H16BrNSi. The minimum Gasteiger partial charge on any atom is -0.261 e. The fourth-order valence-electron chi connectivity index (χ4n) is 1.85. The molecule has 0 atom stereocenters. The van der Waals surface area contributed by atoms with E-state index < -0.39 is 6.69 Å². The minimum absolute atomic E-state index is 0.984. The normalized spacial score (nSPS) is 15.9. The highest BCUT2D eigenvalue weighted by Gasteiger charge is 2.23. The average molecular weight is 294 g/mol. The van der Waals surface area contributed by atoms with Crippen LogP contribution in [0.1, 0.15) is 12.1 Å². The molecule has 1 aromatic heterocycles. The fraction of sp³-hybridized carbons (Fsp3) is 0.308. The Morgan fingerprint density at radius 2 is 2.19 bits per heavy atom. The lowest BCUT2D eigenvalue weighted by Gasteiger charge is -2.12. The van der Waals surface area contributed by atoms with Gasteiger partial charge in [-0.05, 0) is 18.6 Å². The molecule has 1 aliphatic carbocycles. The molecule has 1 nitrogen and oxygen atoms in total. The molecule has 0 saturated heterocycles. The first-order valence-corrected chi connectivity index (χ1v) is 10.8. The zero-order valence-electron chi connectivity index (χ0n) is 9.70. The van der Waals surface area contributed by atoms with Gasteiger partial charge in [0, 0.05) is 18.3 Å². The van der Waals surface area contributed by atoms with Gasteiger partial charge in [-0.15, -0.1) is 15.3 Å². The highest BCUT2D eigenvalue weighted by atomic mass is 79.9. The van der Waals surface area contributed by atoms with Crippen molar-refractivity contribution in [3.05, 3.63) is 53.0 Å². The van der Waals surface area contributed by atoms with Crippen LogP contribution in [-0.4, -0.2) is 11.7 Å². The molecule has 0 fully saturated rings. The first-order chi connectivity index (χ1) is 7.55. The number of aromatic nitrogens is 1. The number of allylic oxidation sites excluding steroid dienone is 4. The summed E-state index contributed by atoms with van der Waals surface area (Å²) in [5, 5.41) is 1.51. The lowest BCUT2D eigenvalue weighted by atomic mass is 10.1. The average Bonchev–Trinajstić information content (AvgIpc) is 2.67. The van der Waals surface area contributed by atoms with E-state index in [1.807, 2.05) is 12.3 Å². The first-order valence-electron chi connectivity index (χ1n) is 5.54. The van der Waals surface area contributed by atoms with E-state index in [4.69, 9.17) is 0 Å². The van der Waals surface area contributed by atoms with Crippen LogP contribution in [0.3, 0.4) is 0 Å². The molecule has 0 N–H and O–H groups in total. The van der Waals surface area contributed by atoms with E-state index >= 15 is 0 Å². The Kier molecular flexibility index (Phi) is 3.45. The number of hydrogen-bond donors (Lipinski definition) is 0. The summed E-state index contributed by atoms with van der Waals surface area (Å²) >= 11 is 3.83. The fourth-order valence-corrected chi connectivity index (χ4v) is 3.82. The quantitative estimate of drug-likeness (QED) is 0.606. The molecule has 1 aromatic rings. The Morgan fingerprint density at radius 1 is 1.38 bits per heavy atom. The highest BCUT2D eigenvalue weighted by Crippen LogP contribution is 2.30. The second-order valence-electron chi connectivity index (χ2n) is 4.64. The molecule has 3 heteroatoms. The largest absolute Gasteiger partial charge is 0.261 e. The molecular weight excluding hydrogens is 278 g/mol. The van der Waals surface area contributed by atoms with Gasteiger partial charge in [0.2, 0.25) is 0 Å². The van der Waals surface area contributed by atoms with Crippen molar-refractivity contribution < 1.29 is 0 Å². The summed E-state index contributed by atoms with van der Waals surface area (Å²) < 4.78 is 0. The van der Waals surface area contributed by atoms with Crippen LogP contribution in [0.25, 0.3) is 0 Å². The second kappa shape index (κ2) is 4.68. The van der Waals surface area contributed by atoms with Crippen molar-refractivity contribution in [3.8, 4) is 0 Å². The van der Waals surface area contributed by atoms with Gasteiger partial charge in [-0.25, -0.2) is 0 Å². The molecule has 84 valence electrons. The van der Waals surface area contributed by atoms with E-state index in [2.05, 4.69) is 57.7 Å². The third-order valence-electron chi connectivity index (χ3n) is 2.76. The van der Waals surface area contributed by atoms with Crippen molar-refractivity contribution in [2.24, 2.45) is 0 Å². The van der Waals surface area contributed by atoms with Crippen LogP contribution in [0, 0.1) is 0 Å². The summed E-state index contributed by atoms with van der Waals surface area (Å²) in [5.74, 6) is 0. The monoisotopic (exact) mass is 293 g/mol. The summed E-state index contributed by atoms with van der Waals surface area (Å²) in [6.07, 6.45) is 8.66. The summed E-state index contributed by atoms with van der Waals surface area (Å²) in [4.78, 5) is 4.37. The van der Waals surface area contributed by atoms with Gasteiger partial charge in [-0.2, -0.15) is 0 Å². The smallest absolute Gasteiger partial charge is 0.154 e. The Bertz CT molecular complexity index is 429. The molecule has 2 rings (SSSR count). The maximum atomic E-state index is 4.37. The first kappa shape index (κ1) is 11.8. The molecule has 0 saturated carbocycles. The van der Waals surface area contributed by atoms with Gasteiger partial charge in [-0.3, -0.25) is 4.98 Å². The predicted octanol–water partition coefficient (Wildman–Crippen LogP) is 4.02. The van der Waals surface area contributed by atoms with Gasteiger partial charge in [0.25, 0.3) is 0 Å². The van der Waals surface area contributed by atoms with Crippen LogP contribution in [0.5, 0.6) is 0 Å². The van der Waals surface area contributed by atoms with Crippen molar-refractivity contribution in [2.75, 3.05) is 0 Å². The number of halogens is 1. The summed E-state index contributed by atoms with van der Waals surface area (Å²) in [5.41, 5.74) is 2.64. The third kappa shape index (κ3) is 2.92. The number of pyridine rings is 1. The zero-order chi connectivity index (χ0) is 11.6. The maximum Gasteiger partial charge on any atom is 0.154 e. The molecule has 16 heavy (non-hydrogen) atoms. The third-order valence-corrected chi connectivity index (χ3v) is 5.86. The number of hydrogen-bond acceptors (Lipinski definition) is 1. The minimum atomic E-state index is -1.31. The standard InChI is InChI=1S/C13H16BrNSi/c1-16(2,14)13-7-6-11(10-13)9-12-5-3-4-8-15-12/h3-5,7-8,10H,6,9H2,1-2H3. The number of nitrogens with zero attached hydrogens (tertiary/aromatic N) is 1. The van der Waals surface area contributed by atoms with Gasteiger partial charge in [0.15, 0.2) is 6.69 Å². The van der Waals surface area contributed by atoms with Gasteiger partial charge < -0.3 is 0 Å². The lowest BCUT2D eigenvalue weighted by Crippen LogP contribution is -2.17. The molecule has 0 radical (unpaired) electrons. The molecule has 0 aromatic carbocycles. The SMILES string of the molecule is C[Si](C)(Br)C1=CCC(Cc2ccccn2)=C1. The predicted molar refractivity (Wildman–Crippen MR) is 75.1 cm³/mol. The summed E-state index contributed by atoms with van der Waals surface area (Å²) in [6.45, 7) is 3.33. The van der Waals surface area contributed by atoms with Crippen molar-refractivity contribution >= 4 is 22.0 Å². The van der Waals surface area contributed by atoms with Gasteiger partial charge >= 0.3 is 0 Å². The lowest BCUT2D eigenvalue weighted by molar-refractivity contribution is 1.02. The zero-order valence-corrected chi connectivity index (χ0v) is 12.3. The van der Waals surface area contributed by atoms with E-state index in [1.165, 1.54) is 10.8 Å². The van der Waals surface area contributed by atoms with Crippen molar-refractivity contribution in [1.29, 1.82) is 0 Å². The summed E-state index contributed by atoms with van der Waals surface area (Å²) in [6, 6.07) is 6.11. The maximum absolute atomic E-state index is 4.37. The molecule has 0 amide bonds. The molecule has 1 heterocycles. The van der Waals surface area contributed by atoms with Gasteiger partial charge in [-0.1, -0.05) is 42.1 Å². The second-order valence-corrected chi connectivity index (χ2v) is 14.1. The van der Waals surface area contributed by atoms with Gasteiger partial charge in [0.1, 0.15) is 0 Å². The Labute approximate surface area is 106 Å². The number of rotatable bonds is 3. The van der Waals surface area contributed by atoms with E-state index in [9.17, 15) is 0 Å². The molecule has 0 aliphatic heterocycles. The molecule has 0 spiro atoms. The van der Waals surface area contributed by atoms with Crippen molar-refractivity contribution in [3.63, 3.8) is 0 Å². The van der Waals surface area contributed by atoms with Crippen molar-refractivity contribution in [1.82, 2.24) is 4.98 Å². The van der Waals surface area contributed by atoms with Crippen LogP contribution in [-0.2, 0) is 6.42 Å². The van der Waals surface area contributed by atoms with E-state index in [0.717, 1.165) is 18.5 Å². The summed E-state index contributed by atoms with van der Waals surface area (Å²) in [7, 11) is 0. The Morgan fingerprint density at radius 3 is 2.75 bits per heavy atom. The van der Waals surface area contributed by atoms with Crippen molar-refractivity contribution in [2.45, 2.75) is 25.9 Å². The van der Waals surface area contributed by atoms with Crippen LogP contribution in [0.2, 0.25) is 13.1 Å². The van der Waals surface area contributed by atoms with E-state index in [1.54, 1.807) is 0 Å². The molecule has 0 unspecified atom stereocenters. The Hall–Kier alpha value is -0.673. The Balaban J connectivity index is 2.06. The topological polar surface area (TPSA) is 12.9 Å². The molecule has 0 bridgehead atoms. The van der Waals surface area contributed by atoms with E-state index in [-0.39, 0.29) is 0 Å². The van der Waals surface area contributed by atoms with Crippen LogP contribution >= 0.6 is 15.3 Å². The molecule has 1 aliphatic rings. The van der Waals surface area contributed by atoms with Crippen LogP contribution < -0.4 is 0 Å².